The van der Waals surface area contributed by atoms with E-state index in [-0.39, 0.29) is 0 Å². The van der Waals surface area contributed by atoms with Crippen molar-refractivity contribution in [3.63, 3.8) is 0 Å². The Bertz CT molecular complexity index is 966. The van der Waals surface area contributed by atoms with Gasteiger partial charge in [0.05, 0.1) is 0 Å². The summed E-state index contributed by atoms with van der Waals surface area (Å²) >= 11 is 3.63. The first-order valence-electron chi connectivity index (χ1n) is 6.90. The van der Waals surface area contributed by atoms with Crippen molar-refractivity contribution in [3.8, 4) is 11.3 Å². The molecule has 0 radical (unpaired) electrons. The van der Waals surface area contributed by atoms with Gasteiger partial charge in [-0.25, -0.2) is 0 Å². The molecule has 0 amide bonds. The highest BCUT2D eigenvalue weighted by Crippen LogP contribution is 2.36. The van der Waals surface area contributed by atoms with Crippen LogP contribution in [0.1, 0.15) is 5.56 Å². The number of fused-ring (bicyclic) bond motifs is 3. The molecule has 0 aliphatic carbocycles. The van der Waals surface area contributed by atoms with E-state index in [0.717, 1.165) is 26.8 Å². The second-order valence-electron chi connectivity index (χ2n) is 5.29. The molecule has 1 heterocycles. The van der Waals surface area contributed by atoms with Crippen LogP contribution in [0.15, 0.2) is 69.6 Å². The Balaban J connectivity index is 2.00. The lowest BCUT2D eigenvalue weighted by Crippen LogP contribution is -1.78. The Morgan fingerprint density at radius 2 is 1.71 bits per heavy atom. The smallest absolute Gasteiger partial charge is 0.136 e. The van der Waals surface area contributed by atoms with Gasteiger partial charge in [0.25, 0.3) is 0 Å². The number of hydrogen-bond acceptors (Lipinski definition) is 1. The molecule has 0 saturated heterocycles. The van der Waals surface area contributed by atoms with E-state index >= 15 is 0 Å². The first-order valence-corrected chi connectivity index (χ1v) is 7.69. The van der Waals surface area contributed by atoms with E-state index in [9.17, 15) is 0 Å². The molecule has 0 saturated carbocycles. The van der Waals surface area contributed by atoms with Gasteiger partial charge in [0.2, 0.25) is 0 Å². The van der Waals surface area contributed by atoms with Gasteiger partial charge >= 0.3 is 0 Å². The van der Waals surface area contributed by atoms with Crippen LogP contribution in [0.2, 0.25) is 0 Å². The molecule has 0 fully saturated rings. The van der Waals surface area contributed by atoms with E-state index in [1.807, 2.05) is 6.07 Å². The summed E-state index contributed by atoms with van der Waals surface area (Å²) in [5.41, 5.74) is 3.24. The molecule has 0 aliphatic rings. The second-order valence-corrected chi connectivity index (χ2v) is 6.15. The highest BCUT2D eigenvalue weighted by atomic mass is 79.9. The number of rotatable bonds is 1. The summed E-state index contributed by atoms with van der Waals surface area (Å²) in [7, 11) is 0. The van der Waals surface area contributed by atoms with Crippen LogP contribution < -0.4 is 0 Å². The fourth-order valence-electron chi connectivity index (χ4n) is 2.75. The van der Waals surface area contributed by atoms with E-state index in [4.69, 9.17) is 4.42 Å². The lowest BCUT2D eigenvalue weighted by atomic mass is 10.1. The van der Waals surface area contributed by atoms with Crippen LogP contribution >= 0.6 is 15.9 Å². The lowest BCUT2D eigenvalue weighted by Gasteiger charge is -2.01. The van der Waals surface area contributed by atoms with Gasteiger partial charge in [0, 0.05) is 15.4 Å². The lowest BCUT2D eigenvalue weighted by molar-refractivity contribution is 0.631. The highest BCUT2D eigenvalue weighted by molar-refractivity contribution is 9.10. The van der Waals surface area contributed by atoms with Gasteiger partial charge in [-0.2, -0.15) is 0 Å². The molecule has 2 heteroatoms. The summed E-state index contributed by atoms with van der Waals surface area (Å²) in [5.74, 6) is 0.897. The van der Waals surface area contributed by atoms with Gasteiger partial charge in [-0.3, -0.25) is 0 Å². The third kappa shape index (κ3) is 2.07. The molecule has 4 aromatic rings. The molecule has 0 unspecified atom stereocenters. The largest absolute Gasteiger partial charge is 0.456 e. The average Bonchev–Trinajstić information content (AvgIpc) is 2.91. The summed E-state index contributed by atoms with van der Waals surface area (Å²) in [6.07, 6.45) is 0. The molecule has 0 aliphatic heterocycles. The molecule has 0 bridgehead atoms. The molecule has 4 rings (SSSR count). The van der Waals surface area contributed by atoms with E-state index < -0.39 is 0 Å². The van der Waals surface area contributed by atoms with Gasteiger partial charge in [0.15, 0.2) is 0 Å². The maximum Gasteiger partial charge on any atom is 0.136 e. The van der Waals surface area contributed by atoms with Crippen LogP contribution in [0.4, 0.5) is 0 Å². The molecule has 0 spiro atoms. The SMILES string of the molecule is Cc1ccc(-c2cc3c(ccc4ccccc43)o2)c(Br)c1. The van der Waals surface area contributed by atoms with Gasteiger partial charge in [-0.05, 0) is 47.5 Å². The summed E-state index contributed by atoms with van der Waals surface area (Å²) < 4.78 is 7.11. The third-order valence-electron chi connectivity index (χ3n) is 3.82. The number of aryl methyl sites for hydroxylation is 1. The fraction of sp³-hybridized carbons (Fsp3) is 0.0526. The van der Waals surface area contributed by atoms with Gasteiger partial charge in [0.1, 0.15) is 11.3 Å². The summed E-state index contributed by atoms with van der Waals surface area (Å²) in [6, 6.07) is 21.0. The van der Waals surface area contributed by atoms with E-state index in [1.165, 1.54) is 16.3 Å². The van der Waals surface area contributed by atoms with Crippen molar-refractivity contribution in [2.75, 3.05) is 0 Å². The maximum absolute atomic E-state index is 6.05. The zero-order valence-corrected chi connectivity index (χ0v) is 13.1. The number of hydrogen-bond donors (Lipinski definition) is 0. The zero-order chi connectivity index (χ0) is 14.4. The van der Waals surface area contributed by atoms with Crippen LogP contribution in [0, 0.1) is 6.92 Å². The quantitative estimate of drug-likeness (QED) is 0.396. The van der Waals surface area contributed by atoms with E-state index in [0.29, 0.717) is 0 Å². The maximum atomic E-state index is 6.05. The topological polar surface area (TPSA) is 13.1 Å². The van der Waals surface area contributed by atoms with Gasteiger partial charge in [-0.1, -0.05) is 52.3 Å². The van der Waals surface area contributed by atoms with Crippen LogP contribution in [0.3, 0.4) is 0 Å². The van der Waals surface area contributed by atoms with E-state index in [2.05, 4.69) is 77.5 Å². The first-order chi connectivity index (χ1) is 10.2. The summed E-state index contributed by atoms with van der Waals surface area (Å²) in [4.78, 5) is 0. The van der Waals surface area contributed by atoms with Crippen molar-refractivity contribution in [2.45, 2.75) is 6.92 Å². The third-order valence-corrected chi connectivity index (χ3v) is 4.47. The van der Waals surface area contributed by atoms with Crippen LogP contribution in [-0.2, 0) is 0 Å². The van der Waals surface area contributed by atoms with Crippen molar-refractivity contribution < 1.29 is 4.42 Å². The van der Waals surface area contributed by atoms with Crippen molar-refractivity contribution in [3.05, 3.63) is 70.7 Å². The molecular formula is C19H13BrO. The average molecular weight is 337 g/mol. The number of halogens is 1. The summed E-state index contributed by atoms with van der Waals surface area (Å²) in [6.45, 7) is 2.08. The second kappa shape index (κ2) is 4.74. The van der Waals surface area contributed by atoms with Crippen molar-refractivity contribution in [1.29, 1.82) is 0 Å². The van der Waals surface area contributed by atoms with Gasteiger partial charge in [-0.15, -0.1) is 0 Å². The van der Waals surface area contributed by atoms with E-state index in [1.54, 1.807) is 0 Å². The van der Waals surface area contributed by atoms with Crippen LogP contribution in [0.25, 0.3) is 33.1 Å². The molecule has 102 valence electrons. The molecule has 1 aromatic heterocycles. The first kappa shape index (κ1) is 12.7. The molecule has 21 heavy (non-hydrogen) atoms. The fourth-order valence-corrected chi connectivity index (χ4v) is 3.43. The minimum Gasteiger partial charge on any atom is -0.456 e. The molecule has 0 atom stereocenters. The predicted molar refractivity (Wildman–Crippen MR) is 91.6 cm³/mol. The Kier molecular flexibility index (Phi) is 2.86. The monoisotopic (exact) mass is 336 g/mol. The Hall–Kier alpha value is -2.06. The normalized spacial score (nSPS) is 11.3. The minimum absolute atomic E-state index is 0.897. The Labute approximate surface area is 131 Å². The summed E-state index contributed by atoms with van der Waals surface area (Å²) in [5, 5.41) is 3.63. The van der Waals surface area contributed by atoms with Crippen molar-refractivity contribution in [2.24, 2.45) is 0 Å². The molecular weight excluding hydrogens is 324 g/mol. The molecule has 1 nitrogen and oxygen atoms in total. The van der Waals surface area contributed by atoms with Crippen LogP contribution in [0.5, 0.6) is 0 Å². The molecule has 0 N–H and O–H groups in total. The van der Waals surface area contributed by atoms with Crippen molar-refractivity contribution in [1.82, 2.24) is 0 Å². The number of benzene rings is 3. The standard InChI is InChI=1S/C19H13BrO/c1-12-6-8-15(17(20)10-12)19-11-16-14-5-3-2-4-13(14)7-9-18(16)21-19/h2-11H,1H3. The zero-order valence-electron chi connectivity index (χ0n) is 11.6. The predicted octanol–water partition coefficient (Wildman–Crippen LogP) is 6.32. The minimum atomic E-state index is 0.897. The van der Waals surface area contributed by atoms with Crippen LogP contribution in [-0.4, -0.2) is 0 Å². The number of furan rings is 1. The Morgan fingerprint density at radius 1 is 0.857 bits per heavy atom. The highest BCUT2D eigenvalue weighted by Gasteiger charge is 2.11. The van der Waals surface area contributed by atoms with Crippen molar-refractivity contribution >= 4 is 37.7 Å². The molecule has 3 aromatic carbocycles. The Morgan fingerprint density at radius 3 is 2.57 bits per heavy atom. The van der Waals surface area contributed by atoms with Gasteiger partial charge < -0.3 is 4.42 Å².